The second kappa shape index (κ2) is 8.10. The van der Waals surface area contributed by atoms with Gasteiger partial charge in [-0.25, -0.2) is 4.39 Å². The van der Waals surface area contributed by atoms with Crippen molar-refractivity contribution in [2.24, 2.45) is 0 Å². The van der Waals surface area contributed by atoms with E-state index in [4.69, 9.17) is 16.3 Å². The highest BCUT2D eigenvalue weighted by Crippen LogP contribution is 2.35. The first-order valence-corrected chi connectivity index (χ1v) is 9.59. The molecule has 0 unspecified atom stereocenters. The molecule has 5 heteroatoms. The molecular formula is C24H19ClFNO2. The molecular weight excluding hydrogens is 389 g/mol. The third-order valence-electron chi connectivity index (χ3n) is 4.94. The van der Waals surface area contributed by atoms with Crippen LogP contribution in [0.3, 0.4) is 0 Å². The Morgan fingerprint density at radius 2 is 1.76 bits per heavy atom. The Bertz CT molecular complexity index is 1240. The van der Waals surface area contributed by atoms with Crippen LogP contribution in [0.25, 0.3) is 22.0 Å². The molecule has 0 aliphatic carbocycles. The fraction of sp³-hybridized carbons (Fsp3) is 0.125. The Morgan fingerprint density at radius 3 is 2.45 bits per heavy atom. The Balaban J connectivity index is 2.05. The van der Waals surface area contributed by atoms with Gasteiger partial charge in [0.2, 0.25) is 0 Å². The van der Waals surface area contributed by atoms with Crippen LogP contribution in [0.1, 0.15) is 11.1 Å². The summed E-state index contributed by atoms with van der Waals surface area (Å²) in [5.41, 5.74) is 3.36. The van der Waals surface area contributed by atoms with Crippen LogP contribution in [-0.4, -0.2) is 11.7 Å². The largest absolute Gasteiger partial charge is 0.491 e. The van der Waals surface area contributed by atoms with E-state index in [1.165, 1.54) is 7.11 Å². The van der Waals surface area contributed by atoms with Crippen molar-refractivity contribution >= 4 is 22.5 Å². The topological polar surface area (TPSA) is 31.2 Å². The van der Waals surface area contributed by atoms with Crippen molar-refractivity contribution in [2.45, 2.75) is 13.2 Å². The number of fused-ring (bicyclic) bond motifs is 1. The third-order valence-corrected chi connectivity index (χ3v) is 5.17. The summed E-state index contributed by atoms with van der Waals surface area (Å²) in [7, 11) is 1.49. The van der Waals surface area contributed by atoms with Crippen molar-refractivity contribution in [3.05, 3.63) is 99.3 Å². The SMILES string of the molecule is COc1c(-c2ccccc2)c2ccc(CF)cc2n(Cc2cccc(Cl)c2)c1=O. The second-order valence-electron chi connectivity index (χ2n) is 6.78. The second-order valence-corrected chi connectivity index (χ2v) is 7.22. The first-order chi connectivity index (χ1) is 14.1. The lowest BCUT2D eigenvalue weighted by molar-refractivity contribution is 0.407. The van der Waals surface area contributed by atoms with Crippen LogP contribution in [0.2, 0.25) is 5.02 Å². The first-order valence-electron chi connectivity index (χ1n) is 9.21. The molecule has 0 N–H and O–H groups in total. The molecule has 146 valence electrons. The number of pyridine rings is 1. The van der Waals surface area contributed by atoms with E-state index in [-0.39, 0.29) is 11.3 Å². The fourth-order valence-corrected chi connectivity index (χ4v) is 3.82. The van der Waals surface area contributed by atoms with E-state index in [1.54, 1.807) is 22.8 Å². The molecule has 3 aromatic carbocycles. The van der Waals surface area contributed by atoms with Crippen LogP contribution >= 0.6 is 11.6 Å². The molecule has 0 radical (unpaired) electrons. The van der Waals surface area contributed by atoms with E-state index in [0.29, 0.717) is 28.2 Å². The van der Waals surface area contributed by atoms with Crippen LogP contribution < -0.4 is 10.3 Å². The van der Waals surface area contributed by atoms with E-state index >= 15 is 0 Å². The van der Waals surface area contributed by atoms with Crippen molar-refractivity contribution < 1.29 is 9.13 Å². The molecule has 0 fully saturated rings. The van der Waals surface area contributed by atoms with Gasteiger partial charge in [-0.3, -0.25) is 4.79 Å². The number of benzene rings is 3. The summed E-state index contributed by atoms with van der Waals surface area (Å²) in [6.45, 7) is -0.301. The lowest BCUT2D eigenvalue weighted by Crippen LogP contribution is -2.23. The Kier molecular flexibility index (Phi) is 5.36. The molecule has 0 spiro atoms. The van der Waals surface area contributed by atoms with Gasteiger partial charge in [-0.2, -0.15) is 0 Å². The average molecular weight is 408 g/mol. The number of alkyl halides is 1. The minimum Gasteiger partial charge on any atom is -0.491 e. The molecule has 0 aliphatic heterocycles. The molecule has 0 saturated carbocycles. The van der Waals surface area contributed by atoms with Gasteiger partial charge < -0.3 is 9.30 Å². The van der Waals surface area contributed by atoms with Crippen molar-refractivity contribution in [3.8, 4) is 16.9 Å². The van der Waals surface area contributed by atoms with E-state index in [2.05, 4.69) is 0 Å². The number of ether oxygens (including phenoxy) is 1. The zero-order valence-corrected chi connectivity index (χ0v) is 16.6. The Labute approximate surface area is 172 Å². The van der Waals surface area contributed by atoms with E-state index in [1.807, 2.05) is 54.6 Å². The number of aromatic nitrogens is 1. The number of hydrogen-bond donors (Lipinski definition) is 0. The highest BCUT2D eigenvalue weighted by Gasteiger charge is 2.19. The summed E-state index contributed by atoms with van der Waals surface area (Å²) in [6.07, 6.45) is 0. The van der Waals surface area contributed by atoms with Gasteiger partial charge in [0.1, 0.15) is 6.67 Å². The maximum Gasteiger partial charge on any atom is 0.294 e. The summed E-state index contributed by atoms with van der Waals surface area (Å²) in [5, 5.41) is 1.42. The van der Waals surface area contributed by atoms with Crippen LogP contribution in [0.5, 0.6) is 5.75 Å². The number of rotatable bonds is 5. The van der Waals surface area contributed by atoms with Crippen molar-refractivity contribution in [1.82, 2.24) is 4.57 Å². The standard InChI is InChI=1S/C24H19ClFNO2/c1-29-23-22(18-7-3-2-4-8-18)20-11-10-16(14-26)13-21(20)27(24(23)28)15-17-6-5-9-19(25)12-17/h2-13H,14-15H2,1H3. The lowest BCUT2D eigenvalue weighted by Gasteiger charge is -2.18. The van der Waals surface area contributed by atoms with Crippen molar-refractivity contribution in [3.63, 3.8) is 0 Å². The molecule has 1 heterocycles. The van der Waals surface area contributed by atoms with Gasteiger partial charge in [0, 0.05) is 16.0 Å². The van der Waals surface area contributed by atoms with Crippen molar-refractivity contribution in [1.29, 1.82) is 0 Å². The van der Waals surface area contributed by atoms with Gasteiger partial charge in [0.15, 0.2) is 5.75 Å². The van der Waals surface area contributed by atoms with Gasteiger partial charge in [-0.05, 0) is 34.9 Å². The molecule has 1 aromatic heterocycles. The molecule has 0 bridgehead atoms. The maximum absolute atomic E-state index is 13.4. The first kappa shape index (κ1) is 19.2. The summed E-state index contributed by atoms with van der Waals surface area (Å²) in [4.78, 5) is 13.4. The van der Waals surface area contributed by atoms with Gasteiger partial charge in [0.25, 0.3) is 5.56 Å². The number of methoxy groups -OCH3 is 1. The van der Waals surface area contributed by atoms with E-state index in [0.717, 1.165) is 16.5 Å². The maximum atomic E-state index is 13.4. The van der Waals surface area contributed by atoms with Gasteiger partial charge in [0.05, 0.1) is 19.2 Å². The summed E-state index contributed by atoms with van der Waals surface area (Å²) >= 11 is 6.12. The minimum absolute atomic E-state index is 0.263. The van der Waals surface area contributed by atoms with Gasteiger partial charge in [-0.15, -0.1) is 0 Å². The molecule has 4 aromatic rings. The summed E-state index contributed by atoms with van der Waals surface area (Å²) in [5.74, 6) is 0.263. The minimum atomic E-state index is -0.603. The third kappa shape index (κ3) is 3.64. The van der Waals surface area contributed by atoms with Gasteiger partial charge in [-0.1, -0.05) is 66.2 Å². The zero-order chi connectivity index (χ0) is 20.4. The predicted molar refractivity (Wildman–Crippen MR) is 116 cm³/mol. The molecule has 29 heavy (non-hydrogen) atoms. The number of halogens is 2. The molecule has 0 atom stereocenters. The Hall–Kier alpha value is -3.11. The molecule has 4 rings (SSSR count). The zero-order valence-electron chi connectivity index (χ0n) is 15.9. The molecule has 0 aliphatic rings. The smallest absolute Gasteiger partial charge is 0.294 e. The molecule has 0 amide bonds. The van der Waals surface area contributed by atoms with Crippen LogP contribution in [0.15, 0.2) is 77.6 Å². The van der Waals surface area contributed by atoms with E-state index < -0.39 is 6.67 Å². The fourth-order valence-electron chi connectivity index (χ4n) is 3.61. The molecule has 3 nitrogen and oxygen atoms in total. The highest BCUT2D eigenvalue weighted by molar-refractivity contribution is 6.30. The van der Waals surface area contributed by atoms with E-state index in [9.17, 15) is 9.18 Å². The van der Waals surface area contributed by atoms with Crippen LogP contribution in [0.4, 0.5) is 4.39 Å². The number of hydrogen-bond acceptors (Lipinski definition) is 2. The van der Waals surface area contributed by atoms with Crippen LogP contribution in [-0.2, 0) is 13.2 Å². The highest BCUT2D eigenvalue weighted by atomic mass is 35.5. The normalized spacial score (nSPS) is 11.0. The predicted octanol–water partition coefficient (Wildman–Crippen LogP) is 5.85. The summed E-state index contributed by atoms with van der Waals surface area (Å²) in [6, 6.07) is 22.3. The monoisotopic (exact) mass is 407 g/mol. The quantitative estimate of drug-likeness (QED) is 0.415. The molecule has 0 saturated heterocycles. The summed E-state index contributed by atoms with van der Waals surface area (Å²) < 4.78 is 20.6. The average Bonchev–Trinajstić information content (AvgIpc) is 2.75. The number of nitrogens with zero attached hydrogens (tertiary/aromatic N) is 1. The Morgan fingerprint density at radius 1 is 0.966 bits per heavy atom. The van der Waals surface area contributed by atoms with Gasteiger partial charge >= 0.3 is 0 Å². The lowest BCUT2D eigenvalue weighted by atomic mass is 9.98. The van der Waals surface area contributed by atoms with Crippen LogP contribution in [0, 0.1) is 0 Å². The van der Waals surface area contributed by atoms with Crippen molar-refractivity contribution in [2.75, 3.05) is 7.11 Å².